The number of aryl methyl sites for hydroxylation is 1. The van der Waals surface area contributed by atoms with E-state index in [9.17, 15) is 4.79 Å². The Bertz CT molecular complexity index is 322. The third kappa shape index (κ3) is 4.74. The zero-order valence-electron chi connectivity index (χ0n) is 9.28. The predicted octanol–water partition coefficient (Wildman–Crippen LogP) is 1.02. The van der Waals surface area contributed by atoms with E-state index in [0.717, 1.165) is 25.9 Å². The summed E-state index contributed by atoms with van der Waals surface area (Å²) < 4.78 is 1.51. The molecule has 0 atom stereocenters. The van der Waals surface area contributed by atoms with E-state index in [1.54, 1.807) is 18.3 Å². The van der Waals surface area contributed by atoms with Crippen molar-refractivity contribution >= 4 is 0 Å². The number of hydrogen-bond donors (Lipinski definition) is 1. The highest BCUT2D eigenvalue weighted by Crippen LogP contribution is 1.89. The average Bonchev–Trinajstić information content (AvgIpc) is 2.25. The molecule has 1 aromatic rings. The van der Waals surface area contributed by atoms with Crippen LogP contribution in [0.15, 0.2) is 23.1 Å². The van der Waals surface area contributed by atoms with Gasteiger partial charge < -0.3 is 5.32 Å². The summed E-state index contributed by atoms with van der Waals surface area (Å²) in [6, 6.07) is 3.21. The van der Waals surface area contributed by atoms with Crippen molar-refractivity contribution in [1.29, 1.82) is 0 Å². The maximum absolute atomic E-state index is 11.3. The van der Waals surface area contributed by atoms with Gasteiger partial charge in [-0.2, -0.15) is 5.10 Å². The quantitative estimate of drug-likeness (QED) is 0.682. The smallest absolute Gasteiger partial charge is 0.266 e. The topological polar surface area (TPSA) is 46.9 Å². The Morgan fingerprint density at radius 2 is 2.27 bits per heavy atom. The van der Waals surface area contributed by atoms with E-state index >= 15 is 0 Å². The fourth-order valence-electron chi connectivity index (χ4n) is 1.37. The van der Waals surface area contributed by atoms with Crippen molar-refractivity contribution in [3.63, 3.8) is 0 Å². The first-order valence-corrected chi connectivity index (χ1v) is 5.57. The van der Waals surface area contributed by atoms with Crippen LogP contribution in [0.1, 0.15) is 26.2 Å². The van der Waals surface area contributed by atoms with Crippen LogP contribution < -0.4 is 10.9 Å². The molecule has 0 saturated heterocycles. The fraction of sp³-hybridized carbons (Fsp3) is 0.636. The summed E-state index contributed by atoms with van der Waals surface area (Å²) in [6.45, 7) is 4.97. The van der Waals surface area contributed by atoms with E-state index < -0.39 is 0 Å². The summed E-state index contributed by atoms with van der Waals surface area (Å²) in [6.07, 6.45) is 4.90. The second-order valence-electron chi connectivity index (χ2n) is 3.54. The van der Waals surface area contributed by atoms with Crippen LogP contribution in [0.2, 0.25) is 0 Å². The van der Waals surface area contributed by atoms with E-state index in [2.05, 4.69) is 17.3 Å². The van der Waals surface area contributed by atoms with Gasteiger partial charge in [-0.15, -0.1) is 0 Å². The highest BCUT2D eigenvalue weighted by molar-refractivity contribution is 4.84. The lowest BCUT2D eigenvalue weighted by atomic mass is 10.3. The first-order chi connectivity index (χ1) is 7.34. The second-order valence-corrected chi connectivity index (χ2v) is 3.54. The van der Waals surface area contributed by atoms with Gasteiger partial charge in [0.05, 0.1) is 0 Å². The molecule has 1 heterocycles. The third-order valence-corrected chi connectivity index (χ3v) is 2.19. The Morgan fingerprint density at radius 1 is 1.40 bits per heavy atom. The molecule has 0 unspecified atom stereocenters. The monoisotopic (exact) mass is 209 g/mol. The van der Waals surface area contributed by atoms with E-state index in [4.69, 9.17) is 0 Å². The van der Waals surface area contributed by atoms with Crippen LogP contribution >= 0.6 is 0 Å². The molecular weight excluding hydrogens is 190 g/mol. The van der Waals surface area contributed by atoms with Crippen LogP contribution in [0.5, 0.6) is 0 Å². The van der Waals surface area contributed by atoms with Crippen molar-refractivity contribution < 1.29 is 0 Å². The summed E-state index contributed by atoms with van der Waals surface area (Å²) in [5.41, 5.74) is -0.0148. The van der Waals surface area contributed by atoms with Crippen LogP contribution in [-0.2, 0) is 6.54 Å². The fourth-order valence-corrected chi connectivity index (χ4v) is 1.37. The number of rotatable bonds is 7. The first-order valence-electron chi connectivity index (χ1n) is 5.57. The molecule has 0 saturated carbocycles. The molecule has 4 nitrogen and oxygen atoms in total. The van der Waals surface area contributed by atoms with Crippen molar-refractivity contribution in [3.8, 4) is 0 Å². The largest absolute Gasteiger partial charge is 0.317 e. The van der Waals surface area contributed by atoms with Crippen LogP contribution in [-0.4, -0.2) is 22.9 Å². The molecule has 0 amide bonds. The summed E-state index contributed by atoms with van der Waals surface area (Å²) in [7, 11) is 0. The molecule has 0 aliphatic carbocycles. The maximum atomic E-state index is 11.3. The van der Waals surface area contributed by atoms with Gasteiger partial charge in [-0.1, -0.05) is 6.92 Å². The Morgan fingerprint density at radius 3 is 3.00 bits per heavy atom. The van der Waals surface area contributed by atoms with Crippen molar-refractivity contribution in [3.05, 3.63) is 28.7 Å². The van der Waals surface area contributed by atoms with Crippen molar-refractivity contribution in [2.24, 2.45) is 0 Å². The minimum absolute atomic E-state index is 0.0148. The Balaban J connectivity index is 2.15. The van der Waals surface area contributed by atoms with Crippen LogP contribution in [0.4, 0.5) is 0 Å². The van der Waals surface area contributed by atoms with Crippen molar-refractivity contribution in [2.75, 3.05) is 13.1 Å². The van der Waals surface area contributed by atoms with Gasteiger partial charge in [0.25, 0.3) is 5.56 Å². The number of aromatic nitrogens is 2. The van der Waals surface area contributed by atoms with E-state index in [1.165, 1.54) is 11.1 Å². The number of nitrogens with zero attached hydrogens (tertiary/aromatic N) is 2. The molecule has 0 spiro atoms. The standard InChI is InChI=1S/C11H19N3O/c1-2-7-12-8-3-4-10-14-11(15)6-5-9-13-14/h5-6,9,12H,2-4,7-8,10H2,1H3. The molecular formula is C11H19N3O. The molecule has 84 valence electrons. The summed E-state index contributed by atoms with van der Waals surface area (Å²) in [5.74, 6) is 0. The summed E-state index contributed by atoms with van der Waals surface area (Å²) >= 11 is 0. The molecule has 1 rings (SSSR count). The number of unbranched alkanes of at least 4 members (excludes halogenated alkanes) is 1. The molecule has 15 heavy (non-hydrogen) atoms. The average molecular weight is 209 g/mol. The lowest BCUT2D eigenvalue weighted by Crippen LogP contribution is -2.22. The number of nitrogens with one attached hydrogen (secondary N) is 1. The maximum Gasteiger partial charge on any atom is 0.266 e. The van der Waals surface area contributed by atoms with Crippen LogP contribution in [0.25, 0.3) is 0 Å². The Kier molecular flexibility index (Phi) is 5.70. The zero-order chi connectivity index (χ0) is 10.9. The lowest BCUT2D eigenvalue weighted by Gasteiger charge is -2.04. The number of hydrogen-bond acceptors (Lipinski definition) is 3. The Labute approximate surface area is 90.3 Å². The van der Waals surface area contributed by atoms with Gasteiger partial charge in [0.2, 0.25) is 0 Å². The molecule has 0 aliphatic heterocycles. The molecule has 0 bridgehead atoms. The predicted molar refractivity (Wildman–Crippen MR) is 60.9 cm³/mol. The Hall–Kier alpha value is -1.16. The SMILES string of the molecule is CCCNCCCCn1ncccc1=O. The van der Waals surface area contributed by atoms with Gasteiger partial charge in [0.1, 0.15) is 0 Å². The molecule has 0 fully saturated rings. The molecule has 0 aromatic carbocycles. The summed E-state index contributed by atoms with van der Waals surface area (Å²) in [4.78, 5) is 11.3. The van der Waals surface area contributed by atoms with Crippen LogP contribution in [0, 0.1) is 0 Å². The van der Waals surface area contributed by atoms with Gasteiger partial charge >= 0.3 is 0 Å². The summed E-state index contributed by atoms with van der Waals surface area (Å²) in [5, 5.41) is 7.32. The van der Waals surface area contributed by atoms with Crippen LogP contribution in [0.3, 0.4) is 0 Å². The van der Waals surface area contributed by atoms with Gasteiger partial charge in [0, 0.05) is 18.8 Å². The molecule has 0 aliphatic rings. The van der Waals surface area contributed by atoms with Crippen molar-refractivity contribution in [2.45, 2.75) is 32.7 Å². The van der Waals surface area contributed by atoms with Gasteiger partial charge in [0.15, 0.2) is 0 Å². The van der Waals surface area contributed by atoms with Gasteiger partial charge in [-0.25, -0.2) is 4.68 Å². The van der Waals surface area contributed by atoms with Crippen molar-refractivity contribution in [1.82, 2.24) is 15.1 Å². The minimum Gasteiger partial charge on any atom is -0.317 e. The second kappa shape index (κ2) is 7.17. The third-order valence-electron chi connectivity index (χ3n) is 2.19. The highest BCUT2D eigenvalue weighted by atomic mass is 16.1. The lowest BCUT2D eigenvalue weighted by molar-refractivity contribution is 0.515. The van der Waals surface area contributed by atoms with E-state index in [0.29, 0.717) is 6.54 Å². The first kappa shape index (κ1) is 11.9. The van der Waals surface area contributed by atoms with Gasteiger partial charge in [-0.05, 0) is 38.4 Å². The highest BCUT2D eigenvalue weighted by Gasteiger charge is 1.94. The molecule has 4 heteroatoms. The normalized spacial score (nSPS) is 10.5. The molecule has 1 aromatic heterocycles. The van der Waals surface area contributed by atoms with Gasteiger partial charge in [-0.3, -0.25) is 4.79 Å². The molecule has 1 N–H and O–H groups in total. The minimum atomic E-state index is -0.0148. The van der Waals surface area contributed by atoms with E-state index in [-0.39, 0.29) is 5.56 Å². The zero-order valence-corrected chi connectivity index (χ0v) is 9.28. The van der Waals surface area contributed by atoms with E-state index in [1.807, 2.05) is 0 Å². The molecule has 0 radical (unpaired) electrons.